The monoisotopic (exact) mass is 314 g/mol. The summed E-state index contributed by atoms with van der Waals surface area (Å²) >= 11 is 0. The Balaban J connectivity index is 1.66. The zero-order valence-corrected chi connectivity index (χ0v) is 14.8. The van der Waals surface area contributed by atoms with Crippen LogP contribution in [-0.2, 0) is 9.47 Å². The van der Waals surface area contributed by atoms with Crippen molar-refractivity contribution < 1.29 is 14.6 Å². The number of aliphatic hydroxyl groups excluding tert-OH is 1. The van der Waals surface area contributed by atoms with Gasteiger partial charge in [0.25, 0.3) is 0 Å². The van der Waals surface area contributed by atoms with Crippen LogP contribution in [0.25, 0.3) is 0 Å². The van der Waals surface area contributed by atoms with E-state index >= 15 is 0 Å². The highest BCUT2D eigenvalue weighted by atomic mass is 16.5. The molecule has 0 aliphatic carbocycles. The van der Waals surface area contributed by atoms with Crippen LogP contribution in [0.1, 0.15) is 40.5 Å². The fourth-order valence-corrected chi connectivity index (χ4v) is 3.34. The highest BCUT2D eigenvalue weighted by Gasteiger charge is 2.28. The largest absolute Gasteiger partial charge is 0.389 e. The molecule has 2 saturated heterocycles. The second-order valence-corrected chi connectivity index (χ2v) is 7.79. The topological polar surface area (TPSA) is 45.2 Å². The lowest BCUT2D eigenvalue weighted by atomic mass is 10.0. The molecule has 1 N–H and O–H groups in total. The molecule has 2 aliphatic heterocycles. The quantitative estimate of drug-likeness (QED) is 0.830. The number of hydrogen-bond donors (Lipinski definition) is 1. The molecule has 2 fully saturated rings. The van der Waals surface area contributed by atoms with Crippen LogP contribution in [0.3, 0.4) is 0 Å². The van der Waals surface area contributed by atoms with Gasteiger partial charge in [0.1, 0.15) is 0 Å². The van der Waals surface area contributed by atoms with Crippen molar-refractivity contribution in [2.45, 2.75) is 64.4 Å². The number of hydrogen-bond acceptors (Lipinski definition) is 5. The standard InChI is InChI=1S/C17H34N2O3/c1-14-11-19(9-10-21-14)15-5-7-18(8-6-15)12-16(20)13-22-17(2,3)4/h14-16,20H,5-13H2,1-4H3. The second-order valence-electron chi connectivity index (χ2n) is 7.79. The average Bonchev–Trinajstić information content (AvgIpc) is 2.45. The minimum Gasteiger partial charge on any atom is -0.389 e. The van der Waals surface area contributed by atoms with E-state index in [9.17, 15) is 5.11 Å². The van der Waals surface area contributed by atoms with E-state index in [0.29, 0.717) is 18.8 Å². The Bertz CT molecular complexity index is 324. The summed E-state index contributed by atoms with van der Waals surface area (Å²) in [6, 6.07) is 0.686. The molecule has 5 heteroatoms. The van der Waals surface area contributed by atoms with Gasteiger partial charge in [-0.2, -0.15) is 0 Å². The van der Waals surface area contributed by atoms with Crippen LogP contribution < -0.4 is 0 Å². The van der Waals surface area contributed by atoms with Crippen LogP contribution in [-0.4, -0.2) is 84.7 Å². The van der Waals surface area contributed by atoms with E-state index in [1.807, 2.05) is 20.8 Å². The molecule has 0 aromatic rings. The highest BCUT2D eigenvalue weighted by molar-refractivity contribution is 4.83. The highest BCUT2D eigenvalue weighted by Crippen LogP contribution is 2.19. The Morgan fingerprint density at radius 3 is 2.50 bits per heavy atom. The van der Waals surface area contributed by atoms with Crippen molar-refractivity contribution in [2.75, 3.05) is 45.9 Å². The summed E-state index contributed by atoms with van der Waals surface area (Å²) in [7, 11) is 0. The second kappa shape index (κ2) is 8.06. The molecular formula is C17H34N2O3. The molecule has 5 nitrogen and oxygen atoms in total. The van der Waals surface area contributed by atoms with Crippen molar-refractivity contribution in [3.63, 3.8) is 0 Å². The molecule has 2 atom stereocenters. The van der Waals surface area contributed by atoms with Crippen LogP contribution in [0.2, 0.25) is 0 Å². The Kier molecular flexibility index (Phi) is 6.65. The van der Waals surface area contributed by atoms with E-state index in [-0.39, 0.29) is 11.7 Å². The van der Waals surface area contributed by atoms with Crippen LogP contribution >= 0.6 is 0 Å². The number of likely N-dealkylation sites (tertiary alicyclic amines) is 1. The number of ether oxygens (including phenoxy) is 2. The molecule has 0 aromatic carbocycles. The number of morpholine rings is 1. The normalized spacial score (nSPS) is 28.0. The molecule has 0 spiro atoms. The molecule has 0 aromatic heterocycles. The lowest BCUT2D eigenvalue weighted by Crippen LogP contribution is -2.51. The van der Waals surface area contributed by atoms with Crippen molar-refractivity contribution in [3.8, 4) is 0 Å². The van der Waals surface area contributed by atoms with Gasteiger partial charge in [0.15, 0.2) is 0 Å². The van der Waals surface area contributed by atoms with E-state index in [4.69, 9.17) is 9.47 Å². The fourth-order valence-electron chi connectivity index (χ4n) is 3.34. The van der Waals surface area contributed by atoms with Gasteiger partial charge in [-0.3, -0.25) is 4.90 Å². The summed E-state index contributed by atoms with van der Waals surface area (Å²) in [5.74, 6) is 0. The maximum absolute atomic E-state index is 10.1. The zero-order valence-electron chi connectivity index (χ0n) is 14.8. The summed E-state index contributed by atoms with van der Waals surface area (Å²) in [5, 5.41) is 10.1. The van der Waals surface area contributed by atoms with Gasteiger partial charge in [0.05, 0.1) is 31.0 Å². The van der Waals surface area contributed by atoms with Crippen molar-refractivity contribution in [1.29, 1.82) is 0 Å². The summed E-state index contributed by atoms with van der Waals surface area (Å²) in [6.45, 7) is 14.5. The van der Waals surface area contributed by atoms with Crippen molar-refractivity contribution in [3.05, 3.63) is 0 Å². The third-order valence-electron chi connectivity index (χ3n) is 4.52. The molecule has 22 heavy (non-hydrogen) atoms. The molecule has 0 bridgehead atoms. The van der Waals surface area contributed by atoms with E-state index in [2.05, 4.69) is 16.7 Å². The van der Waals surface area contributed by atoms with Crippen molar-refractivity contribution >= 4 is 0 Å². The fraction of sp³-hybridized carbons (Fsp3) is 1.00. The van der Waals surface area contributed by atoms with E-state index in [0.717, 1.165) is 39.3 Å². The zero-order chi connectivity index (χ0) is 16.2. The third-order valence-corrected chi connectivity index (χ3v) is 4.52. The lowest BCUT2D eigenvalue weighted by molar-refractivity contribution is -0.0633. The van der Waals surface area contributed by atoms with Gasteiger partial charge in [-0.25, -0.2) is 0 Å². The Labute approximate surface area is 135 Å². The van der Waals surface area contributed by atoms with E-state index in [1.54, 1.807) is 0 Å². The summed E-state index contributed by atoms with van der Waals surface area (Å²) in [4.78, 5) is 4.96. The number of β-amino-alcohol motifs (C(OH)–C–C–N with tert-alkyl or cyclic N) is 1. The van der Waals surface area contributed by atoms with Crippen LogP contribution in [0.5, 0.6) is 0 Å². The molecule has 2 rings (SSSR count). The van der Waals surface area contributed by atoms with Gasteiger partial charge in [-0.05, 0) is 53.6 Å². The number of rotatable bonds is 5. The number of piperidine rings is 1. The first kappa shape index (κ1) is 18.1. The summed E-state index contributed by atoms with van der Waals surface area (Å²) in [6.07, 6.45) is 2.36. The van der Waals surface area contributed by atoms with Gasteiger partial charge in [0.2, 0.25) is 0 Å². The number of aliphatic hydroxyl groups is 1. The van der Waals surface area contributed by atoms with Crippen LogP contribution in [0, 0.1) is 0 Å². The first-order chi connectivity index (χ1) is 10.3. The van der Waals surface area contributed by atoms with E-state index < -0.39 is 0 Å². The Morgan fingerprint density at radius 1 is 1.23 bits per heavy atom. The first-order valence-electron chi connectivity index (χ1n) is 8.73. The first-order valence-corrected chi connectivity index (χ1v) is 8.73. The molecule has 0 amide bonds. The molecule has 130 valence electrons. The smallest absolute Gasteiger partial charge is 0.0900 e. The van der Waals surface area contributed by atoms with Crippen molar-refractivity contribution in [2.24, 2.45) is 0 Å². The Hall–Kier alpha value is -0.200. The van der Waals surface area contributed by atoms with E-state index in [1.165, 1.54) is 12.8 Å². The molecule has 2 unspecified atom stereocenters. The maximum atomic E-state index is 10.1. The summed E-state index contributed by atoms with van der Waals surface area (Å²) in [5.41, 5.74) is -0.180. The van der Waals surface area contributed by atoms with Crippen LogP contribution in [0.4, 0.5) is 0 Å². The molecule has 2 aliphatic rings. The predicted octanol–water partition coefficient (Wildman–Crippen LogP) is 1.35. The van der Waals surface area contributed by atoms with Crippen molar-refractivity contribution in [1.82, 2.24) is 9.80 Å². The molecule has 0 saturated carbocycles. The van der Waals surface area contributed by atoms with Gasteiger partial charge in [0, 0.05) is 25.7 Å². The third kappa shape index (κ3) is 6.13. The molecule has 0 radical (unpaired) electrons. The van der Waals surface area contributed by atoms with Gasteiger partial charge in [-0.15, -0.1) is 0 Å². The minimum absolute atomic E-state index is 0.180. The predicted molar refractivity (Wildman–Crippen MR) is 88.2 cm³/mol. The van der Waals surface area contributed by atoms with Gasteiger partial charge < -0.3 is 19.5 Å². The minimum atomic E-state index is -0.390. The SMILES string of the molecule is CC1CN(C2CCN(CC(O)COC(C)(C)C)CC2)CCO1. The summed E-state index contributed by atoms with van der Waals surface area (Å²) < 4.78 is 11.3. The van der Waals surface area contributed by atoms with Gasteiger partial charge in [-0.1, -0.05) is 0 Å². The molecule has 2 heterocycles. The number of nitrogens with zero attached hydrogens (tertiary/aromatic N) is 2. The maximum Gasteiger partial charge on any atom is 0.0900 e. The molecular weight excluding hydrogens is 280 g/mol. The van der Waals surface area contributed by atoms with Gasteiger partial charge >= 0.3 is 0 Å². The lowest BCUT2D eigenvalue weighted by Gasteiger charge is -2.42. The Morgan fingerprint density at radius 2 is 1.91 bits per heavy atom. The van der Waals surface area contributed by atoms with Crippen LogP contribution in [0.15, 0.2) is 0 Å². The average molecular weight is 314 g/mol.